The molecule has 1 aliphatic rings. The van der Waals surface area contributed by atoms with Crippen LogP contribution < -0.4 is 15.4 Å². The van der Waals surface area contributed by atoms with Gasteiger partial charge in [-0.3, -0.25) is 0 Å². The van der Waals surface area contributed by atoms with Gasteiger partial charge in [-0.1, -0.05) is 13.8 Å². The van der Waals surface area contributed by atoms with Crippen LogP contribution in [0.1, 0.15) is 26.0 Å². The van der Waals surface area contributed by atoms with Crippen LogP contribution in [0.25, 0.3) is 0 Å². The Balaban J connectivity index is 2.15. The summed E-state index contributed by atoms with van der Waals surface area (Å²) < 4.78 is 5.58. The van der Waals surface area contributed by atoms with Crippen molar-refractivity contribution in [1.82, 2.24) is 9.97 Å². The number of nitrogens with two attached hydrogens (primary N) is 1. The molecule has 2 N–H and O–H groups in total. The lowest BCUT2D eigenvalue weighted by molar-refractivity contribution is 0.304. The number of aromatic nitrogens is 2. The van der Waals surface area contributed by atoms with E-state index in [1.807, 2.05) is 13.0 Å². The Bertz CT molecular complexity index is 400. The van der Waals surface area contributed by atoms with E-state index in [1.54, 1.807) is 0 Å². The molecule has 18 heavy (non-hydrogen) atoms. The summed E-state index contributed by atoms with van der Waals surface area (Å²) in [5, 5.41) is 0. The van der Waals surface area contributed by atoms with Crippen LogP contribution in [0.3, 0.4) is 0 Å². The van der Waals surface area contributed by atoms with Crippen LogP contribution in [0.2, 0.25) is 0 Å². The Morgan fingerprint density at radius 3 is 2.83 bits per heavy atom. The largest absolute Gasteiger partial charge is 0.478 e. The van der Waals surface area contributed by atoms with E-state index in [1.165, 1.54) is 0 Å². The van der Waals surface area contributed by atoms with Crippen molar-refractivity contribution >= 4 is 5.95 Å². The fourth-order valence-corrected chi connectivity index (χ4v) is 2.10. The number of hydrogen-bond donors (Lipinski definition) is 1. The van der Waals surface area contributed by atoms with Crippen molar-refractivity contribution in [2.24, 2.45) is 11.7 Å². The van der Waals surface area contributed by atoms with E-state index in [0.29, 0.717) is 18.4 Å². The smallest absolute Gasteiger partial charge is 0.228 e. The predicted octanol–water partition coefficient (Wildman–Crippen LogP) is 1.36. The summed E-state index contributed by atoms with van der Waals surface area (Å²) in [6, 6.07) is 2.08. The summed E-state index contributed by atoms with van der Waals surface area (Å²) in [4.78, 5) is 11.1. The third kappa shape index (κ3) is 2.90. The maximum Gasteiger partial charge on any atom is 0.228 e. The second-order valence-corrected chi connectivity index (χ2v) is 5.04. The summed E-state index contributed by atoms with van der Waals surface area (Å²) in [6.45, 7) is 8.62. The molecule has 2 atom stereocenters. The molecule has 1 aromatic rings. The van der Waals surface area contributed by atoms with E-state index < -0.39 is 0 Å². The van der Waals surface area contributed by atoms with Gasteiger partial charge >= 0.3 is 0 Å². The van der Waals surface area contributed by atoms with Gasteiger partial charge in [-0.25, -0.2) is 4.98 Å². The summed E-state index contributed by atoms with van der Waals surface area (Å²) in [6.07, 6.45) is 0.976. The number of hydrogen-bond acceptors (Lipinski definition) is 5. The highest BCUT2D eigenvalue weighted by atomic mass is 16.5. The molecule has 0 spiro atoms. The molecule has 1 aromatic heterocycles. The van der Waals surface area contributed by atoms with Crippen molar-refractivity contribution in [3.05, 3.63) is 11.8 Å². The minimum absolute atomic E-state index is 0.203. The van der Waals surface area contributed by atoms with Crippen molar-refractivity contribution in [3.8, 4) is 5.88 Å². The quantitative estimate of drug-likeness (QED) is 0.874. The van der Waals surface area contributed by atoms with Gasteiger partial charge in [0.15, 0.2) is 0 Å². The first-order valence-corrected chi connectivity index (χ1v) is 6.59. The van der Waals surface area contributed by atoms with Crippen LogP contribution in [-0.2, 0) is 0 Å². The third-order valence-corrected chi connectivity index (χ3v) is 3.23. The van der Waals surface area contributed by atoms with Gasteiger partial charge in [0.25, 0.3) is 0 Å². The third-order valence-electron chi connectivity index (χ3n) is 3.23. The van der Waals surface area contributed by atoms with E-state index in [-0.39, 0.29) is 6.04 Å². The monoisotopic (exact) mass is 250 g/mol. The summed E-state index contributed by atoms with van der Waals surface area (Å²) in [7, 11) is 0. The molecule has 1 fully saturated rings. The van der Waals surface area contributed by atoms with E-state index in [4.69, 9.17) is 10.5 Å². The SMILES string of the molecule is CCCOc1cc(C)nc(N2CC(C)C(N)C2)n1. The molecule has 0 bridgehead atoms. The lowest BCUT2D eigenvalue weighted by Crippen LogP contribution is -2.29. The second-order valence-electron chi connectivity index (χ2n) is 5.04. The molecule has 0 aromatic carbocycles. The van der Waals surface area contributed by atoms with Crippen molar-refractivity contribution in [2.45, 2.75) is 33.2 Å². The molecule has 0 saturated carbocycles. The van der Waals surface area contributed by atoms with Gasteiger partial charge < -0.3 is 15.4 Å². The first-order valence-electron chi connectivity index (χ1n) is 6.59. The van der Waals surface area contributed by atoms with E-state index in [2.05, 4.69) is 28.7 Å². The first-order chi connectivity index (χ1) is 8.60. The van der Waals surface area contributed by atoms with Gasteiger partial charge in [0, 0.05) is 30.9 Å². The van der Waals surface area contributed by atoms with Gasteiger partial charge in [-0.2, -0.15) is 4.98 Å². The summed E-state index contributed by atoms with van der Waals surface area (Å²) in [5.41, 5.74) is 6.96. The van der Waals surface area contributed by atoms with Crippen LogP contribution in [0, 0.1) is 12.8 Å². The lowest BCUT2D eigenvalue weighted by atomic mass is 10.1. The summed E-state index contributed by atoms with van der Waals surface area (Å²) in [5.74, 6) is 1.88. The molecule has 1 aliphatic heterocycles. The Labute approximate surface area is 108 Å². The van der Waals surface area contributed by atoms with Crippen LogP contribution in [-0.4, -0.2) is 35.7 Å². The fraction of sp³-hybridized carbons (Fsp3) is 0.692. The van der Waals surface area contributed by atoms with Crippen LogP contribution >= 0.6 is 0 Å². The fourth-order valence-electron chi connectivity index (χ4n) is 2.10. The number of nitrogens with zero attached hydrogens (tertiary/aromatic N) is 3. The minimum Gasteiger partial charge on any atom is -0.478 e. The molecular weight excluding hydrogens is 228 g/mol. The molecule has 5 heteroatoms. The van der Waals surface area contributed by atoms with Gasteiger partial charge in [0.05, 0.1) is 6.61 Å². The molecule has 0 amide bonds. The van der Waals surface area contributed by atoms with Gasteiger partial charge in [0.2, 0.25) is 11.8 Å². The normalized spacial score (nSPS) is 23.4. The molecular formula is C13H22N4O. The standard InChI is InChI=1S/C13H22N4O/c1-4-5-18-12-6-10(3)15-13(16-12)17-7-9(2)11(14)8-17/h6,9,11H,4-5,7-8,14H2,1-3H3. The molecule has 0 aliphatic carbocycles. The lowest BCUT2D eigenvalue weighted by Gasteiger charge is -2.17. The molecule has 0 radical (unpaired) electrons. The van der Waals surface area contributed by atoms with Crippen molar-refractivity contribution in [3.63, 3.8) is 0 Å². The highest BCUT2D eigenvalue weighted by Crippen LogP contribution is 2.22. The zero-order chi connectivity index (χ0) is 13.1. The molecule has 2 unspecified atom stereocenters. The first kappa shape index (κ1) is 13.1. The zero-order valence-electron chi connectivity index (χ0n) is 11.4. The second kappa shape index (κ2) is 5.52. The van der Waals surface area contributed by atoms with Gasteiger partial charge in [0.1, 0.15) is 0 Å². The van der Waals surface area contributed by atoms with Gasteiger partial charge in [-0.15, -0.1) is 0 Å². The maximum atomic E-state index is 6.03. The highest BCUT2D eigenvalue weighted by Gasteiger charge is 2.28. The Morgan fingerprint density at radius 2 is 2.22 bits per heavy atom. The van der Waals surface area contributed by atoms with E-state index in [9.17, 15) is 0 Å². The molecule has 5 nitrogen and oxygen atoms in total. The van der Waals surface area contributed by atoms with Gasteiger partial charge in [-0.05, 0) is 19.3 Å². The summed E-state index contributed by atoms with van der Waals surface area (Å²) >= 11 is 0. The number of anilines is 1. The Morgan fingerprint density at radius 1 is 1.44 bits per heavy atom. The molecule has 1 saturated heterocycles. The van der Waals surface area contributed by atoms with E-state index >= 15 is 0 Å². The van der Waals surface area contributed by atoms with Crippen LogP contribution in [0.5, 0.6) is 5.88 Å². The average Bonchev–Trinajstić information content (AvgIpc) is 2.66. The van der Waals surface area contributed by atoms with Crippen molar-refractivity contribution < 1.29 is 4.74 Å². The maximum absolute atomic E-state index is 6.03. The Kier molecular flexibility index (Phi) is 4.01. The molecule has 100 valence electrons. The van der Waals surface area contributed by atoms with Crippen LogP contribution in [0.4, 0.5) is 5.95 Å². The van der Waals surface area contributed by atoms with Crippen molar-refractivity contribution in [2.75, 3.05) is 24.6 Å². The van der Waals surface area contributed by atoms with Crippen LogP contribution in [0.15, 0.2) is 6.07 Å². The Hall–Kier alpha value is -1.36. The highest BCUT2D eigenvalue weighted by molar-refractivity contribution is 5.36. The number of aryl methyl sites for hydroxylation is 1. The number of ether oxygens (including phenoxy) is 1. The minimum atomic E-state index is 0.203. The zero-order valence-corrected chi connectivity index (χ0v) is 11.4. The average molecular weight is 250 g/mol. The number of rotatable bonds is 4. The molecule has 2 heterocycles. The van der Waals surface area contributed by atoms with E-state index in [0.717, 1.165) is 31.2 Å². The molecule has 2 rings (SSSR count). The topological polar surface area (TPSA) is 64.3 Å². The predicted molar refractivity (Wildman–Crippen MR) is 71.9 cm³/mol. The van der Waals surface area contributed by atoms with Crippen molar-refractivity contribution in [1.29, 1.82) is 0 Å².